The van der Waals surface area contributed by atoms with E-state index >= 15 is 0 Å². The van der Waals surface area contributed by atoms with Crippen molar-refractivity contribution in [3.05, 3.63) is 29.1 Å². The van der Waals surface area contributed by atoms with Gasteiger partial charge in [-0.1, -0.05) is 6.92 Å². The monoisotopic (exact) mass is 192 g/mol. The predicted molar refractivity (Wildman–Crippen MR) is 59.0 cm³/mol. The van der Waals surface area contributed by atoms with Gasteiger partial charge in [0.15, 0.2) is 0 Å². The summed E-state index contributed by atoms with van der Waals surface area (Å²) in [5.74, 6) is 5.35. The first-order valence-electron chi connectivity index (χ1n) is 4.32. The SMILES string of the molecule is CCc1csc2ccc(NN)cc12. The first-order chi connectivity index (χ1) is 6.35. The van der Waals surface area contributed by atoms with Crippen molar-refractivity contribution in [2.24, 2.45) is 5.84 Å². The molecule has 0 unspecified atom stereocenters. The van der Waals surface area contributed by atoms with Crippen LogP contribution in [0.3, 0.4) is 0 Å². The molecule has 1 aromatic carbocycles. The van der Waals surface area contributed by atoms with Crippen LogP contribution >= 0.6 is 11.3 Å². The molecule has 0 aliphatic carbocycles. The van der Waals surface area contributed by atoms with Gasteiger partial charge < -0.3 is 5.43 Å². The molecule has 0 saturated carbocycles. The Bertz CT molecular complexity index is 420. The second-order valence-corrected chi connectivity index (χ2v) is 3.88. The molecule has 2 nitrogen and oxygen atoms in total. The largest absolute Gasteiger partial charge is 0.324 e. The zero-order valence-corrected chi connectivity index (χ0v) is 8.32. The van der Waals surface area contributed by atoms with Crippen LogP contribution in [0.4, 0.5) is 5.69 Å². The van der Waals surface area contributed by atoms with Crippen molar-refractivity contribution in [3.63, 3.8) is 0 Å². The number of thiophene rings is 1. The average molecular weight is 192 g/mol. The Morgan fingerprint density at radius 1 is 1.46 bits per heavy atom. The molecule has 3 N–H and O–H groups in total. The third kappa shape index (κ3) is 1.41. The summed E-state index contributed by atoms with van der Waals surface area (Å²) in [6.45, 7) is 2.17. The minimum Gasteiger partial charge on any atom is -0.324 e. The molecule has 0 aliphatic rings. The normalized spacial score (nSPS) is 10.6. The highest BCUT2D eigenvalue weighted by atomic mass is 32.1. The lowest BCUT2D eigenvalue weighted by Crippen LogP contribution is -2.05. The molecule has 0 aliphatic heterocycles. The first-order valence-corrected chi connectivity index (χ1v) is 5.20. The van der Waals surface area contributed by atoms with Gasteiger partial charge in [0, 0.05) is 10.4 Å². The molecular weight excluding hydrogens is 180 g/mol. The molecule has 1 aromatic heterocycles. The highest BCUT2D eigenvalue weighted by molar-refractivity contribution is 7.17. The summed E-state index contributed by atoms with van der Waals surface area (Å²) in [4.78, 5) is 0. The van der Waals surface area contributed by atoms with E-state index in [4.69, 9.17) is 5.84 Å². The van der Waals surface area contributed by atoms with Crippen molar-refractivity contribution >= 4 is 27.1 Å². The van der Waals surface area contributed by atoms with Crippen molar-refractivity contribution in [1.29, 1.82) is 0 Å². The van der Waals surface area contributed by atoms with Crippen molar-refractivity contribution in [1.82, 2.24) is 0 Å². The molecule has 0 radical (unpaired) electrons. The van der Waals surface area contributed by atoms with E-state index in [0.717, 1.165) is 12.1 Å². The number of hydrazine groups is 1. The lowest BCUT2D eigenvalue weighted by molar-refractivity contribution is 1.17. The molecule has 0 saturated heterocycles. The van der Waals surface area contributed by atoms with Crippen molar-refractivity contribution < 1.29 is 0 Å². The summed E-state index contributed by atoms with van der Waals surface area (Å²) >= 11 is 1.79. The molecule has 2 rings (SSSR count). The number of aryl methyl sites for hydroxylation is 1. The van der Waals surface area contributed by atoms with Crippen molar-refractivity contribution in [2.45, 2.75) is 13.3 Å². The Hall–Kier alpha value is -1.06. The smallest absolute Gasteiger partial charge is 0.0492 e. The van der Waals surface area contributed by atoms with Crippen LogP contribution in [0.25, 0.3) is 10.1 Å². The molecule has 3 heteroatoms. The topological polar surface area (TPSA) is 38.0 Å². The molecule has 0 fully saturated rings. The summed E-state index contributed by atoms with van der Waals surface area (Å²) in [7, 11) is 0. The summed E-state index contributed by atoms with van der Waals surface area (Å²) < 4.78 is 1.33. The molecule has 68 valence electrons. The lowest BCUT2D eigenvalue weighted by Gasteiger charge is -2.00. The van der Waals surface area contributed by atoms with Gasteiger partial charge in [0.2, 0.25) is 0 Å². The quantitative estimate of drug-likeness (QED) is 0.567. The minimum atomic E-state index is 0.973. The molecular formula is C10H12N2S. The predicted octanol–water partition coefficient (Wildman–Crippen LogP) is 2.75. The Morgan fingerprint density at radius 2 is 2.31 bits per heavy atom. The Balaban J connectivity index is 2.64. The van der Waals surface area contributed by atoms with Gasteiger partial charge in [0.25, 0.3) is 0 Å². The number of benzene rings is 1. The number of hydrogen-bond donors (Lipinski definition) is 2. The van der Waals surface area contributed by atoms with Gasteiger partial charge in [-0.15, -0.1) is 11.3 Å². The molecule has 13 heavy (non-hydrogen) atoms. The van der Waals surface area contributed by atoms with Crippen LogP contribution in [-0.2, 0) is 6.42 Å². The highest BCUT2D eigenvalue weighted by Gasteiger charge is 2.02. The standard InChI is InChI=1S/C10H12N2S/c1-2-7-6-13-10-4-3-8(12-11)5-9(7)10/h3-6,12H,2,11H2,1H3. The van der Waals surface area contributed by atoms with Gasteiger partial charge in [-0.3, -0.25) is 5.84 Å². The van der Waals surface area contributed by atoms with Crippen LogP contribution in [0.2, 0.25) is 0 Å². The zero-order valence-electron chi connectivity index (χ0n) is 7.50. The Morgan fingerprint density at radius 3 is 3.00 bits per heavy atom. The molecule has 0 amide bonds. The zero-order chi connectivity index (χ0) is 9.26. The van der Waals surface area contributed by atoms with E-state index in [1.165, 1.54) is 15.6 Å². The Kier molecular flexibility index (Phi) is 2.20. The van der Waals surface area contributed by atoms with E-state index in [2.05, 4.69) is 29.9 Å². The van der Waals surface area contributed by atoms with Crippen molar-refractivity contribution in [2.75, 3.05) is 5.43 Å². The van der Waals surface area contributed by atoms with E-state index in [1.807, 2.05) is 6.07 Å². The van der Waals surface area contributed by atoms with Crippen LogP contribution in [0.15, 0.2) is 23.6 Å². The maximum absolute atomic E-state index is 5.35. The van der Waals surface area contributed by atoms with E-state index in [-0.39, 0.29) is 0 Å². The average Bonchev–Trinajstić information content (AvgIpc) is 2.59. The minimum absolute atomic E-state index is 0.973. The summed E-state index contributed by atoms with van der Waals surface area (Å²) in [6.07, 6.45) is 1.08. The molecule has 0 atom stereocenters. The lowest BCUT2D eigenvalue weighted by atomic mass is 10.1. The van der Waals surface area contributed by atoms with Gasteiger partial charge >= 0.3 is 0 Å². The van der Waals surface area contributed by atoms with E-state index in [0.29, 0.717) is 0 Å². The molecule has 0 bridgehead atoms. The fourth-order valence-electron chi connectivity index (χ4n) is 1.45. The number of anilines is 1. The van der Waals surface area contributed by atoms with E-state index < -0.39 is 0 Å². The van der Waals surface area contributed by atoms with E-state index in [1.54, 1.807) is 11.3 Å². The van der Waals surface area contributed by atoms with Gasteiger partial charge in [-0.25, -0.2) is 0 Å². The van der Waals surface area contributed by atoms with E-state index in [9.17, 15) is 0 Å². The Labute approximate surface area is 81.3 Å². The summed E-state index contributed by atoms with van der Waals surface area (Å²) in [5, 5.41) is 3.54. The van der Waals surface area contributed by atoms with Crippen molar-refractivity contribution in [3.8, 4) is 0 Å². The number of rotatable bonds is 2. The van der Waals surface area contributed by atoms with Crippen LogP contribution in [-0.4, -0.2) is 0 Å². The number of hydrogen-bond acceptors (Lipinski definition) is 3. The second kappa shape index (κ2) is 3.36. The van der Waals surface area contributed by atoms with Crippen LogP contribution in [0.1, 0.15) is 12.5 Å². The maximum atomic E-state index is 5.35. The molecule has 2 aromatic rings. The third-order valence-corrected chi connectivity index (χ3v) is 3.21. The second-order valence-electron chi connectivity index (χ2n) is 2.97. The number of nitrogens with one attached hydrogen (secondary N) is 1. The van der Waals surface area contributed by atoms with Crippen LogP contribution in [0.5, 0.6) is 0 Å². The number of nitrogens with two attached hydrogens (primary N) is 1. The summed E-state index contributed by atoms with van der Waals surface area (Å²) in [5.41, 5.74) is 5.04. The fourth-order valence-corrected chi connectivity index (χ4v) is 2.47. The molecule has 0 spiro atoms. The van der Waals surface area contributed by atoms with Gasteiger partial charge in [-0.2, -0.15) is 0 Å². The van der Waals surface area contributed by atoms with Gasteiger partial charge in [-0.05, 0) is 40.9 Å². The summed E-state index contributed by atoms with van der Waals surface area (Å²) in [6, 6.07) is 6.21. The van der Waals surface area contributed by atoms with Gasteiger partial charge in [0.05, 0.1) is 0 Å². The van der Waals surface area contributed by atoms with Gasteiger partial charge in [0.1, 0.15) is 0 Å². The first kappa shape index (κ1) is 8.53. The van der Waals surface area contributed by atoms with Crippen LogP contribution in [0, 0.1) is 0 Å². The highest BCUT2D eigenvalue weighted by Crippen LogP contribution is 2.28. The van der Waals surface area contributed by atoms with Crippen LogP contribution < -0.4 is 11.3 Å². The maximum Gasteiger partial charge on any atom is 0.0492 e. The number of fused-ring (bicyclic) bond motifs is 1. The third-order valence-electron chi connectivity index (χ3n) is 2.20. The number of nitrogen functional groups attached to an aromatic ring is 1. The fraction of sp³-hybridized carbons (Fsp3) is 0.200. The molecule has 1 heterocycles.